The molecule has 0 spiro atoms. The second-order valence-electron chi connectivity index (χ2n) is 35.2. The minimum Gasteiger partial charge on any atom is -0.307 e. The predicted octanol–water partition coefficient (Wildman–Crippen LogP) is 33.2. The number of rotatable bonds is 15. The number of fused-ring (bicyclic) bond motifs is 21. The first-order chi connectivity index (χ1) is 86.9. The third-order valence-corrected chi connectivity index (χ3v) is 26.9. The molecule has 0 aliphatic carbocycles. The molecule has 0 saturated heterocycles. The molecule has 0 radical (unpaired) electrons. The molecule has 0 atom stereocenters. The van der Waals surface area contributed by atoms with Crippen LogP contribution in [0.4, 0.5) is 0 Å². The Bertz CT molecular complexity index is 12100. The summed E-state index contributed by atoms with van der Waals surface area (Å²) in [5.74, 6) is -2.24. The van der Waals surface area contributed by atoms with E-state index in [1.807, 2.05) is 215 Å². The van der Waals surface area contributed by atoms with Crippen LogP contribution >= 0.6 is 0 Å². The summed E-state index contributed by atoms with van der Waals surface area (Å²) >= 11 is 0. The molecule has 21 aromatic carbocycles. The van der Waals surface area contributed by atoms with Gasteiger partial charge in [-0.2, -0.15) is 29.9 Å². The molecular weight excluding hydrogens is 1830 g/mol. The van der Waals surface area contributed by atoms with Crippen LogP contribution in [-0.2, 0) is 0 Å². The van der Waals surface area contributed by atoms with Crippen molar-refractivity contribution in [2.24, 2.45) is 0 Å². The molecule has 150 heavy (non-hydrogen) atoms. The molecular formula is C135H87N15. The molecule has 15 nitrogen and oxygen atoms in total. The third-order valence-electron chi connectivity index (χ3n) is 26.9. The Balaban J connectivity index is 0.000000123. The lowest BCUT2D eigenvalue weighted by Gasteiger charge is -2.16. The van der Waals surface area contributed by atoms with Crippen molar-refractivity contribution in [2.75, 3.05) is 0 Å². The van der Waals surface area contributed by atoms with Crippen molar-refractivity contribution >= 4 is 131 Å². The molecule has 0 bridgehead atoms. The first-order valence-corrected chi connectivity index (χ1v) is 47.9. The van der Waals surface area contributed by atoms with Crippen molar-refractivity contribution < 1.29 is 41.1 Å². The van der Waals surface area contributed by atoms with E-state index in [0.29, 0.717) is 33.1 Å². The molecule has 9 aromatic heterocycles. The van der Waals surface area contributed by atoms with Crippen LogP contribution in [0.5, 0.6) is 0 Å². The van der Waals surface area contributed by atoms with Crippen LogP contribution in [0.2, 0.25) is 0 Å². The van der Waals surface area contributed by atoms with Gasteiger partial charge in [0, 0.05) is 115 Å². The van der Waals surface area contributed by atoms with Gasteiger partial charge in [0.05, 0.1) is 113 Å². The molecule has 30 aromatic rings. The highest BCUT2D eigenvalue weighted by atomic mass is 15.2. The molecule has 0 amide bonds. The minimum absolute atomic E-state index is 0.0662. The van der Waals surface area contributed by atoms with Crippen LogP contribution in [0.3, 0.4) is 0 Å². The Morgan fingerprint density at radius 2 is 0.380 bits per heavy atom. The standard InChI is InChI=1S/3C45H29N5/c1-4-16-30(17-5-1)33-22-10-13-25-38(33)49-39-26-14-11-23-34(39)36-28-29-37-35-24-12-15-27-40(35)50(42(37)41(36)49)45-47-43(31-18-6-2-7-19-31)46-44(48-45)32-20-8-3-9-21-32;1-4-15-30(16-5-1)33-21-14-22-34(29-33)49-39-25-12-10-23-35(39)37-27-28-38-36-24-11-13-26-40(36)50(42(38)41(37)49)45-47-43(31-17-6-2-7-18-31)46-44(48-45)32-19-8-3-9-20-32;1-4-14-30(15-5-1)31-24-26-34(27-25-31)49-39-22-12-10-20-35(39)37-28-29-38-36-21-11-13-23-40(36)50(42(38)41(37)49)45-47-43(32-16-6-2-7-17-32)46-44(48-45)33-18-8-3-9-19-33/h3*1-29H/i2D,3D,6D,7D,8D,9D,18D,19D,20D,21D;2D,3D,6D,7D,8D,9D,17D,18D,19D,20D;2D,3D,6D,7D,8D,9D,16D,17D,18D,19D. The SMILES string of the molecule is [2H]c1c([2H])c([2H])c(-c2nc(-c3c([2H])c([2H])c([2H])c([2H])c3[2H])nc(-n3c4ccccc4c4ccc5c6ccccc6n(-c6ccc(-c7ccccc7)cc6)c5c43)n2)c([2H])c1[2H].[2H]c1c([2H])c([2H])c(-c2nc(-c3c([2H])c([2H])c([2H])c([2H])c3[2H])nc(-n3c4ccccc4c4ccc5c6ccccc6n(-c6cccc(-c7ccccc7)c6)c5c43)n2)c([2H])c1[2H].[2H]c1c([2H])c([2H])c(-c2nc(-c3c([2H])c([2H])c([2H])c([2H])c3[2H])nc(-n3c4ccccc4c4ccc5c6ccccc6n(-c6ccccc6-c6ccccc6)c5c43)n2)c([2H])c1[2H]. The van der Waals surface area contributed by atoms with Crippen LogP contribution in [0.15, 0.2) is 527 Å². The van der Waals surface area contributed by atoms with E-state index in [1.165, 1.54) is 0 Å². The van der Waals surface area contributed by atoms with Crippen molar-refractivity contribution in [1.82, 2.24) is 72.3 Å². The molecule has 9 heterocycles. The zero-order chi connectivity index (χ0) is 125. The Labute approximate surface area is 903 Å². The maximum Gasteiger partial charge on any atom is 0.238 e. The number of benzene rings is 21. The van der Waals surface area contributed by atoms with Gasteiger partial charge >= 0.3 is 0 Å². The van der Waals surface area contributed by atoms with Crippen LogP contribution in [0.1, 0.15) is 41.1 Å². The van der Waals surface area contributed by atoms with Crippen LogP contribution in [0.25, 0.3) is 267 Å². The van der Waals surface area contributed by atoms with Gasteiger partial charge in [-0.3, -0.25) is 13.7 Å². The highest BCUT2D eigenvalue weighted by Crippen LogP contribution is 2.48. The van der Waals surface area contributed by atoms with Gasteiger partial charge in [0.2, 0.25) is 17.8 Å². The van der Waals surface area contributed by atoms with Crippen molar-refractivity contribution in [3.63, 3.8) is 0 Å². The van der Waals surface area contributed by atoms with E-state index in [0.717, 1.165) is 148 Å². The summed E-state index contributed by atoms with van der Waals surface area (Å²) in [5.41, 5.74) is 15.9. The smallest absolute Gasteiger partial charge is 0.238 e. The van der Waals surface area contributed by atoms with E-state index in [9.17, 15) is 0 Å². The Morgan fingerprint density at radius 3 is 0.700 bits per heavy atom. The van der Waals surface area contributed by atoms with E-state index in [4.69, 9.17) is 71.0 Å². The van der Waals surface area contributed by atoms with E-state index < -0.39 is 181 Å². The Kier molecular flexibility index (Phi) is 15.2. The molecule has 0 fully saturated rings. The van der Waals surface area contributed by atoms with E-state index >= 15 is 0 Å². The van der Waals surface area contributed by atoms with Gasteiger partial charge in [0.15, 0.2) is 34.9 Å². The van der Waals surface area contributed by atoms with E-state index in [1.54, 1.807) is 4.57 Å². The fourth-order valence-corrected chi connectivity index (χ4v) is 20.6. The molecule has 702 valence electrons. The van der Waals surface area contributed by atoms with Gasteiger partial charge in [0.1, 0.15) is 0 Å². The summed E-state index contributed by atoms with van der Waals surface area (Å²) in [6.07, 6.45) is 0. The lowest BCUT2D eigenvalue weighted by atomic mass is 10.0. The van der Waals surface area contributed by atoms with Gasteiger partial charge in [-0.15, -0.1) is 0 Å². The topological polar surface area (TPSA) is 146 Å². The second kappa shape index (κ2) is 37.0. The summed E-state index contributed by atoms with van der Waals surface area (Å²) in [5, 5.41) is 10.7. The Morgan fingerprint density at radius 1 is 0.147 bits per heavy atom. The highest BCUT2D eigenvalue weighted by molar-refractivity contribution is 6.27. The van der Waals surface area contributed by atoms with Gasteiger partial charge in [-0.25, -0.2) is 15.0 Å². The maximum atomic E-state index is 8.88. The van der Waals surface area contributed by atoms with Gasteiger partial charge in [-0.05, 0) is 94.5 Å². The molecule has 15 heteroatoms. The zero-order valence-corrected chi connectivity index (χ0v) is 78.6. The lowest BCUT2D eigenvalue weighted by Crippen LogP contribution is -2.07. The van der Waals surface area contributed by atoms with Gasteiger partial charge < -0.3 is 13.7 Å². The summed E-state index contributed by atoms with van der Waals surface area (Å²) in [6.45, 7) is 0. The lowest BCUT2D eigenvalue weighted by molar-refractivity contribution is 0.953. The first-order valence-electron chi connectivity index (χ1n) is 62.9. The molecule has 0 N–H and O–H groups in total. The number of hydrogen-bond acceptors (Lipinski definition) is 9. The summed E-state index contributed by atoms with van der Waals surface area (Å²) in [6, 6.07) is 96.5. The molecule has 30 rings (SSSR count). The minimum atomic E-state index is -0.613. The largest absolute Gasteiger partial charge is 0.307 e. The second-order valence-corrected chi connectivity index (χ2v) is 35.2. The number of aromatic nitrogens is 15. The molecule has 0 saturated carbocycles. The summed E-state index contributed by atoms with van der Waals surface area (Å²) in [7, 11) is 0. The van der Waals surface area contributed by atoms with Crippen molar-refractivity contribution in [2.45, 2.75) is 0 Å². The van der Waals surface area contributed by atoms with Gasteiger partial charge in [0.25, 0.3) is 0 Å². The quantitative estimate of drug-likeness (QED) is 0.0979. The zero-order valence-electron chi connectivity index (χ0n) is 109. The Hall–Kier alpha value is -20.5. The van der Waals surface area contributed by atoms with E-state index in [-0.39, 0.29) is 86.2 Å². The fraction of sp³-hybridized carbons (Fsp3) is 0. The molecule has 0 aliphatic heterocycles. The summed E-state index contributed by atoms with van der Waals surface area (Å²) < 4.78 is 269. The average Bonchev–Trinajstić information content (AvgIpc) is 1.54. The maximum absolute atomic E-state index is 8.88. The van der Waals surface area contributed by atoms with Crippen molar-refractivity contribution in [1.29, 1.82) is 0 Å². The van der Waals surface area contributed by atoms with Crippen LogP contribution in [0, 0.1) is 0 Å². The molecule has 0 unspecified atom stereocenters. The van der Waals surface area contributed by atoms with Crippen molar-refractivity contribution in [3.05, 3.63) is 527 Å². The van der Waals surface area contributed by atoms with E-state index in [2.05, 4.69) is 168 Å². The van der Waals surface area contributed by atoms with Gasteiger partial charge in [-0.1, -0.05) is 460 Å². The van der Waals surface area contributed by atoms with Crippen LogP contribution in [-0.4, -0.2) is 72.3 Å². The van der Waals surface area contributed by atoms with Crippen LogP contribution < -0.4 is 0 Å². The number of hydrogen-bond donors (Lipinski definition) is 0. The third kappa shape index (κ3) is 15.1. The molecule has 0 aliphatic rings. The highest BCUT2D eigenvalue weighted by Gasteiger charge is 2.30. The fourth-order valence-electron chi connectivity index (χ4n) is 20.6. The predicted molar refractivity (Wildman–Crippen MR) is 614 cm³/mol. The summed E-state index contributed by atoms with van der Waals surface area (Å²) in [4.78, 5) is 42.7. The normalized spacial score (nSPS) is 14.4. The monoisotopic (exact) mass is 1950 g/mol. The number of nitrogens with zero attached hydrogens (tertiary/aromatic N) is 15. The first kappa shape index (κ1) is 61.4. The number of para-hydroxylation sites is 7. The average molecular weight is 1950 g/mol. The van der Waals surface area contributed by atoms with Crippen molar-refractivity contribution in [3.8, 4) is 137 Å².